The predicted molar refractivity (Wildman–Crippen MR) is 81.1 cm³/mol. The van der Waals surface area contributed by atoms with E-state index in [2.05, 4.69) is 5.32 Å². The van der Waals surface area contributed by atoms with Gasteiger partial charge in [0.05, 0.1) is 11.6 Å². The van der Waals surface area contributed by atoms with Gasteiger partial charge in [-0.1, -0.05) is 23.7 Å². The van der Waals surface area contributed by atoms with Crippen LogP contribution in [-0.2, 0) is 0 Å². The average Bonchev–Trinajstić information content (AvgIpc) is 2.42. The lowest BCUT2D eigenvalue weighted by atomic mass is 10.1. The molecular weight excluding hydrogens is 277 g/mol. The molecule has 2 aromatic rings. The van der Waals surface area contributed by atoms with Gasteiger partial charge in [-0.25, -0.2) is 4.39 Å². The van der Waals surface area contributed by atoms with Crippen molar-refractivity contribution in [3.05, 3.63) is 58.9 Å². The van der Waals surface area contributed by atoms with E-state index in [4.69, 9.17) is 16.3 Å². The van der Waals surface area contributed by atoms with Crippen molar-refractivity contribution in [2.24, 2.45) is 0 Å². The first-order chi connectivity index (χ1) is 9.60. The summed E-state index contributed by atoms with van der Waals surface area (Å²) in [6.45, 7) is 4.51. The predicted octanol–water partition coefficient (Wildman–Crippen LogP) is 5.05. The van der Waals surface area contributed by atoms with Crippen LogP contribution in [0.2, 0.25) is 5.02 Å². The molecule has 0 aromatic heterocycles. The molecule has 0 saturated carbocycles. The van der Waals surface area contributed by atoms with E-state index in [1.54, 1.807) is 12.1 Å². The maximum atomic E-state index is 12.9. The van der Waals surface area contributed by atoms with Crippen LogP contribution in [-0.4, -0.2) is 6.61 Å². The summed E-state index contributed by atoms with van der Waals surface area (Å²) in [4.78, 5) is 0. The lowest BCUT2D eigenvalue weighted by Gasteiger charge is -2.16. The number of nitrogens with one attached hydrogen (secondary N) is 1. The number of benzene rings is 2. The second-order valence-electron chi connectivity index (χ2n) is 4.50. The molecule has 4 heteroatoms. The number of anilines is 1. The molecular formula is C16H17ClFNO. The number of rotatable bonds is 5. The van der Waals surface area contributed by atoms with Gasteiger partial charge in [0.2, 0.25) is 0 Å². The fourth-order valence-electron chi connectivity index (χ4n) is 1.95. The SMILES string of the molecule is CCOc1ccc(NC(C)c2ccc(F)cc2)cc1Cl. The van der Waals surface area contributed by atoms with Crippen LogP contribution in [0.25, 0.3) is 0 Å². The van der Waals surface area contributed by atoms with E-state index < -0.39 is 0 Å². The Morgan fingerprint density at radius 3 is 2.50 bits per heavy atom. The first-order valence-corrected chi connectivity index (χ1v) is 6.92. The highest BCUT2D eigenvalue weighted by Gasteiger charge is 2.07. The van der Waals surface area contributed by atoms with E-state index in [1.165, 1.54) is 12.1 Å². The van der Waals surface area contributed by atoms with Gasteiger partial charge in [0.15, 0.2) is 0 Å². The van der Waals surface area contributed by atoms with Crippen molar-refractivity contribution in [3.63, 3.8) is 0 Å². The van der Waals surface area contributed by atoms with Crippen molar-refractivity contribution in [2.75, 3.05) is 11.9 Å². The fraction of sp³-hybridized carbons (Fsp3) is 0.250. The first-order valence-electron chi connectivity index (χ1n) is 6.54. The highest BCUT2D eigenvalue weighted by atomic mass is 35.5. The standard InChI is InChI=1S/C16H17ClFNO/c1-3-20-16-9-8-14(10-15(16)17)19-11(2)12-4-6-13(18)7-5-12/h4-11,19H,3H2,1-2H3. The summed E-state index contributed by atoms with van der Waals surface area (Å²) in [6.07, 6.45) is 0. The minimum absolute atomic E-state index is 0.0598. The van der Waals surface area contributed by atoms with E-state index in [-0.39, 0.29) is 11.9 Å². The molecule has 0 amide bonds. The molecule has 0 fully saturated rings. The van der Waals surface area contributed by atoms with E-state index in [9.17, 15) is 4.39 Å². The van der Waals surface area contributed by atoms with Crippen molar-refractivity contribution < 1.29 is 9.13 Å². The van der Waals surface area contributed by atoms with Crippen molar-refractivity contribution in [1.82, 2.24) is 0 Å². The average molecular weight is 294 g/mol. The maximum absolute atomic E-state index is 12.9. The summed E-state index contributed by atoms with van der Waals surface area (Å²) >= 11 is 6.14. The molecule has 106 valence electrons. The minimum atomic E-state index is -0.231. The number of halogens is 2. The van der Waals surface area contributed by atoms with Gasteiger partial charge in [-0.15, -0.1) is 0 Å². The van der Waals surface area contributed by atoms with Crippen molar-refractivity contribution in [2.45, 2.75) is 19.9 Å². The molecule has 2 rings (SSSR count). The highest BCUT2D eigenvalue weighted by molar-refractivity contribution is 6.32. The van der Waals surface area contributed by atoms with Crippen LogP contribution >= 0.6 is 11.6 Å². The third kappa shape index (κ3) is 3.64. The quantitative estimate of drug-likeness (QED) is 0.833. The Hall–Kier alpha value is -1.74. The molecule has 0 aliphatic heterocycles. The van der Waals surface area contributed by atoms with Gasteiger partial charge in [0.1, 0.15) is 11.6 Å². The Balaban J connectivity index is 2.09. The fourth-order valence-corrected chi connectivity index (χ4v) is 2.18. The molecule has 0 aliphatic rings. The molecule has 2 nitrogen and oxygen atoms in total. The van der Waals surface area contributed by atoms with Crippen LogP contribution in [0.4, 0.5) is 10.1 Å². The van der Waals surface area contributed by atoms with Gasteiger partial charge in [-0.3, -0.25) is 0 Å². The third-order valence-corrected chi connectivity index (χ3v) is 3.28. The minimum Gasteiger partial charge on any atom is -0.492 e. The number of hydrogen-bond donors (Lipinski definition) is 1. The first kappa shape index (κ1) is 14.7. The van der Waals surface area contributed by atoms with Crippen LogP contribution in [0.1, 0.15) is 25.5 Å². The van der Waals surface area contributed by atoms with Gasteiger partial charge in [-0.05, 0) is 49.7 Å². The molecule has 0 saturated heterocycles. The Kier molecular flexibility index (Phi) is 4.85. The number of hydrogen-bond acceptors (Lipinski definition) is 2. The van der Waals surface area contributed by atoms with Gasteiger partial charge in [0, 0.05) is 11.7 Å². The molecule has 1 N–H and O–H groups in total. The van der Waals surface area contributed by atoms with Gasteiger partial charge >= 0.3 is 0 Å². The Labute approximate surface area is 123 Å². The van der Waals surface area contributed by atoms with Crippen LogP contribution in [0.3, 0.4) is 0 Å². The number of ether oxygens (including phenoxy) is 1. The van der Waals surface area contributed by atoms with Gasteiger partial charge < -0.3 is 10.1 Å². The summed E-state index contributed by atoms with van der Waals surface area (Å²) in [5.74, 6) is 0.444. The lowest BCUT2D eigenvalue weighted by Crippen LogP contribution is -2.06. The summed E-state index contributed by atoms with van der Waals surface area (Å²) in [6, 6.07) is 12.1. The van der Waals surface area contributed by atoms with Crippen LogP contribution in [0.15, 0.2) is 42.5 Å². The van der Waals surface area contributed by atoms with Gasteiger partial charge in [-0.2, -0.15) is 0 Å². The summed E-state index contributed by atoms with van der Waals surface area (Å²) in [5, 5.41) is 3.90. The van der Waals surface area contributed by atoms with E-state index in [0.29, 0.717) is 17.4 Å². The zero-order valence-corrected chi connectivity index (χ0v) is 12.2. The largest absolute Gasteiger partial charge is 0.492 e. The molecule has 0 radical (unpaired) electrons. The van der Waals surface area contributed by atoms with Crippen molar-refractivity contribution in [1.29, 1.82) is 0 Å². The van der Waals surface area contributed by atoms with Crippen LogP contribution in [0.5, 0.6) is 5.75 Å². The molecule has 0 aliphatic carbocycles. The Morgan fingerprint density at radius 2 is 1.90 bits per heavy atom. The van der Waals surface area contributed by atoms with E-state index >= 15 is 0 Å². The van der Waals surface area contributed by atoms with Crippen LogP contribution < -0.4 is 10.1 Å². The lowest BCUT2D eigenvalue weighted by molar-refractivity contribution is 0.340. The molecule has 20 heavy (non-hydrogen) atoms. The molecule has 1 unspecified atom stereocenters. The van der Waals surface area contributed by atoms with E-state index in [0.717, 1.165) is 11.3 Å². The topological polar surface area (TPSA) is 21.3 Å². The molecule has 0 heterocycles. The third-order valence-electron chi connectivity index (χ3n) is 2.98. The molecule has 0 spiro atoms. The summed E-state index contributed by atoms with van der Waals surface area (Å²) in [5.41, 5.74) is 1.91. The zero-order chi connectivity index (χ0) is 14.5. The molecule has 2 aromatic carbocycles. The Morgan fingerprint density at radius 1 is 1.20 bits per heavy atom. The normalized spacial score (nSPS) is 12.0. The van der Waals surface area contributed by atoms with Crippen molar-refractivity contribution >= 4 is 17.3 Å². The van der Waals surface area contributed by atoms with Crippen molar-refractivity contribution in [3.8, 4) is 5.75 Å². The summed E-state index contributed by atoms with van der Waals surface area (Å²) < 4.78 is 18.3. The molecule has 0 bridgehead atoms. The van der Waals surface area contributed by atoms with Crippen LogP contribution in [0, 0.1) is 5.82 Å². The maximum Gasteiger partial charge on any atom is 0.138 e. The summed E-state index contributed by atoms with van der Waals surface area (Å²) in [7, 11) is 0. The zero-order valence-electron chi connectivity index (χ0n) is 11.5. The molecule has 1 atom stereocenters. The second kappa shape index (κ2) is 6.62. The smallest absolute Gasteiger partial charge is 0.138 e. The highest BCUT2D eigenvalue weighted by Crippen LogP contribution is 2.29. The van der Waals surface area contributed by atoms with E-state index in [1.807, 2.05) is 32.0 Å². The van der Waals surface area contributed by atoms with Gasteiger partial charge in [0.25, 0.3) is 0 Å². The second-order valence-corrected chi connectivity index (χ2v) is 4.90. The Bertz CT molecular complexity index is 571. The monoisotopic (exact) mass is 293 g/mol.